The number of carbonyl (C=O) groups excluding carboxylic acids is 1. The van der Waals surface area contributed by atoms with Crippen molar-refractivity contribution in [3.8, 4) is 11.8 Å². The maximum atomic E-state index is 11.0. The maximum Gasteiger partial charge on any atom is 0.384 e. The van der Waals surface area contributed by atoms with Crippen LogP contribution in [-0.4, -0.2) is 17.7 Å². The Morgan fingerprint density at radius 3 is 2.88 bits per heavy atom. The molecule has 0 aliphatic carbocycles. The molecule has 0 bridgehead atoms. The first kappa shape index (κ1) is 12.3. The van der Waals surface area contributed by atoms with Gasteiger partial charge in [0.1, 0.15) is 0 Å². The third-order valence-corrected chi connectivity index (χ3v) is 2.06. The Morgan fingerprint density at radius 2 is 2.25 bits per heavy atom. The lowest BCUT2D eigenvalue weighted by atomic mass is 10.1. The molecule has 0 saturated heterocycles. The van der Waals surface area contributed by atoms with Crippen molar-refractivity contribution in [3.63, 3.8) is 0 Å². The summed E-state index contributed by atoms with van der Waals surface area (Å²) in [6.07, 6.45) is 0. The van der Waals surface area contributed by atoms with Crippen molar-refractivity contribution in [1.29, 1.82) is 0 Å². The first-order chi connectivity index (χ1) is 7.67. The van der Waals surface area contributed by atoms with Crippen LogP contribution in [0.3, 0.4) is 0 Å². The van der Waals surface area contributed by atoms with Crippen molar-refractivity contribution in [2.45, 2.75) is 20.5 Å². The predicted molar refractivity (Wildman–Crippen MR) is 60.6 cm³/mol. The molecule has 0 saturated carbocycles. The zero-order chi connectivity index (χ0) is 12.0. The number of aliphatic hydroxyl groups excluding tert-OH is 1. The molecular weight excluding hydrogens is 204 g/mol. The van der Waals surface area contributed by atoms with E-state index in [2.05, 4.69) is 11.8 Å². The molecule has 0 spiro atoms. The molecule has 3 nitrogen and oxygen atoms in total. The van der Waals surface area contributed by atoms with Crippen molar-refractivity contribution < 1.29 is 14.6 Å². The van der Waals surface area contributed by atoms with Crippen molar-refractivity contribution in [3.05, 3.63) is 34.9 Å². The van der Waals surface area contributed by atoms with Crippen molar-refractivity contribution in [1.82, 2.24) is 0 Å². The molecule has 1 aromatic carbocycles. The van der Waals surface area contributed by atoms with Gasteiger partial charge in [-0.2, -0.15) is 0 Å². The number of benzene rings is 1. The summed E-state index contributed by atoms with van der Waals surface area (Å²) < 4.78 is 4.70. The normalized spacial score (nSPS) is 9.19. The van der Waals surface area contributed by atoms with Crippen LogP contribution in [0.25, 0.3) is 0 Å². The average Bonchev–Trinajstić information content (AvgIpc) is 2.28. The van der Waals surface area contributed by atoms with Crippen LogP contribution in [0.15, 0.2) is 18.2 Å². The zero-order valence-electron chi connectivity index (χ0n) is 9.41. The fourth-order valence-electron chi connectivity index (χ4n) is 1.19. The lowest BCUT2D eigenvalue weighted by molar-refractivity contribution is -0.136. The number of hydrogen-bond acceptors (Lipinski definition) is 3. The van der Waals surface area contributed by atoms with Crippen molar-refractivity contribution >= 4 is 5.97 Å². The molecule has 0 radical (unpaired) electrons. The van der Waals surface area contributed by atoms with Gasteiger partial charge in [-0.1, -0.05) is 18.1 Å². The van der Waals surface area contributed by atoms with Crippen LogP contribution in [0.4, 0.5) is 0 Å². The molecule has 1 aromatic rings. The summed E-state index contributed by atoms with van der Waals surface area (Å²) in [6, 6.07) is 5.45. The van der Waals surface area contributed by atoms with E-state index in [4.69, 9.17) is 9.84 Å². The van der Waals surface area contributed by atoms with Crippen LogP contribution < -0.4 is 0 Å². The largest absolute Gasteiger partial charge is 0.456 e. The summed E-state index contributed by atoms with van der Waals surface area (Å²) in [5.74, 6) is 4.60. The van der Waals surface area contributed by atoms with Gasteiger partial charge in [-0.25, -0.2) is 4.79 Å². The highest BCUT2D eigenvalue weighted by Gasteiger charge is 1.98. The Kier molecular flexibility index (Phi) is 4.56. The number of aryl methyl sites for hydroxylation is 1. The van der Waals surface area contributed by atoms with Crippen LogP contribution in [0.1, 0.15) is 23.6 Å². The fourth-order valence-corrected chi connectivity index (χ4v) is 1.19. The smallest absolute Gasteiger partial charge is 0.384 e. The Hall–Kier alpha value is -1.79. The second-order valence-electron chi connectivity index (χ2n) is 3.28. The van der Waals surface area contributed by atoms with Gasteiger partial charge >= 0.3 is 5.97 Å². The average molecular weight is 218 g/mol. The van der Waals surface area contributed by atoms with E-state index in [-0.39, 0.29) is 6.61 Å². The summed E-state index contributed by atoms with van der Waals surface area (Å²) in [5, 5.41) is 8.97. The lowest BCUT2D eigenvalue weighted by Gasteiger charge is -2.00. The predicted octanol–water partition coefficient (Wildman–Crippen LogP) is 1.40. The van der Waals surface area contributed by atoms with Gasteiger partial charge in [0.25, 0.3) is 0 Å². The molecule has 3 heteroatoms. The summed E-state index contributed by atoms with van der Waals surface area (Å²) in [4.78, 5) is 11.0. The van der Waals surface area contributed by atoms with E-state index in [1.165, 1.54) is 0 Å². The number of carbonyl (C=O) groups is 1. The molecule has 1 rings (SSSR count). The van der Waals surface area contributed by atoms with E-state index in [0.717, 1.165) is 16.7 Å². The fraction of sp³-hybridized carbons (Fsp3) is 0.308. The van der Waals surface area contributed by atoms with Gasteiger partial charge in [-0.3, -0.25) is 0 Å². The molecule has 0 unspecified atom stereocenters. The Bertz CT molecular complexity index is 438. The maximum absolute atomic E-state index is 11.0. The zero-order valence-corrected chi connectivity index (χ0v) is 9.41. The molecule has 0 atom stereocenters. The molecule has 1 N–H and O–H groups in total. The first-order valence-corrected chi connectivity index (χ1v) is 5.06. The van der Waals surface area contributed by atoms with E-state index in [9.17, 15) is 4.79 Å². The number of aliphatic hydroxyl groups is 1. The minimum Gasteiger partial charge on any atom is -0.456 e. The van der Waals surface area contributed by atoms with Gasteiger partial charge in [0, 0.05) is 11.5 Å². The van der Waals surface area contributed by atoms with E-state index >= 15 is 0 Å². The van der Waals surface area contributed by atoms with Crippen LogP contribution >= 0.6 is 0 Å². The van der Waals surface area contributed by atoms with E-state index in [1.54, 1.807) is 13.0 Å². The van der Waals surface area contributed by atoms with E-state index in [1.807, 2.05) is 19.1 Å². The first-order valence-electron chi connectivity index (χ1n) is 5.06. The van der Waals surface area contributed by atoms with Gasteiger partial charge in [0.15, 0.2) is 0 Å². The topological polar surface area (TPSA) is 46.5 Å². The van der Waals surface area contributed by atoms with Gasteiger partial charge < -0.3 is 9.84 Å². The van der Waals surface area contributed by atoms with Crippen LogP contribution in [0.5, 0.6) is 0 Å². The van der Waals surface area contributed by atoms with E-state index in [0.29, 0.717) is 6.61 Å². The summed E-state index contributed by atoms with van der Waals surface area (Å²) >= 11 is 0. The van der Waals surface area contributed by atoms with Crippen molar-refractivity contribution in [2.75, 3.05) is 6.61 Å². The van der Waals surface area contributed by atoms with Gasteiger partial charge in [0.05, 0.1) is 13.2 Å². The Morgan fingerprint density at radius 1 is 1.50 bits per heavy atom. The molecular formula is C13H14O3. The molecule has 0 aliphatic heterocycles. The minimum absolute atomic E-state index is 0.0334. The van der Waals surface area contributed by atoms with Crippen LogP contribution in [-0.2, 0) is 16.1 Å². The standard InChI is InChI=1S/C13H14O3/c1-3-16-13(15)7-6-12-8-11(9-14)5-4-10(12)2/h4-5,8,14H,3,9H2,1-2H3. The number of ether oxygens (including phenoxy) is 1. The molecule has 0 amide bonds. The van der Waals surface area contributed by atoms with Gasteiger partial charge in [-0.05, 0) is 31.0 Å². The summed E-state index contributed by atoms with van der Waals surface area (Å²) in [6.45, 7) is 3.92. The highest BCUT2D eigenvalue weighted by atomic mass is 16.5. The molecule has 0 fully saturated rings. The SMILES string of the molecule is CCOC(=O)C#Cc1cc(CO)ccc1C. The second-order valence-corrected chi connectivity index (χ2v) is 3.28. The minimum atomic E-state index is -0.531. The quantitative estimate of drug-likeness (QED) is 0.603. The Labute approximate surface area is 95.1 Å². The van der Waals surface area contributed by atoms with Crippen molar-refractivity contribution in [2.24, 2.45) is 0 Å². The molecule has 84 valence electrons. The number of esters is 1. The lowest BCUT2D eigenvalue weighted by Crippen LogP contribution is -1.99. The summed E-state index contributed by atoms with van der Waals surface area (Å²) in [5.41, 5.74) is 2.48. The number of hydrogen-bond donors (Lipinski definition) is 1. The van der Waals surface area contributed by atoms with Gasteiger partial charge in [-0.15, -0.1) is 0 Å². The highest BCUT2D eigenvalue weighted by molar-refractivity contribution is 5.89. The third-order valence-electron chi connectivity index (χ3n) is 2.06. The van der Waals surface area contributed by atoms with Gasteiger partial charge in [0.2, 0.25) is 0 Å². The Balaban J connectivity index is 2.91. The number of rotatable bonds is 2. The highest BCUT2D eigenvalue weighted by Crippen LogP contribution is 2.09. The summed E-state index contributed by atoms with van der Waals surface area (Å²) in [7, 11) is 0. The van der Waals surface area contributed by atoms with Crippen LogP contribution in [0, 0.1) is 18.8 Å². The third kappa shape index (κ3) is 3.41. The molecule has 0 heterocycles. The van der Waals surface area contributed by atoms with Crippen LogP contribution in [0.2, 0.25) is 0 Å². The second kappa shape index (κ2) is 5.94. The molecule has 0 aliphatic rings. The molecule has 0 aromatic heterocycles. The monoisotopic (exact) mass is 218 g/mol. The molecule has 16 heavy (non-hydrogen) atoms. The van der Waals surface area contributed by atoms with E-state index < -0.39 is 5.97 Å².